The molecule has 5 heteroatoms. The zero-order chi connectivity index (χ0) is 17.3. The van der Waals surface area contributed by atoms with Crippen LogP contribution in [0.2, 0.25) is 0 Å². The molecule has 0 spiro atoms. The summed E-state index contributed by atoms with van der Waals surface area (Å²) in [5, 5.41) is 6.00. The summed E-state index contributed by atoms with van der Waals surface area (Å²) >= 11 is 0. The smallest absolute Gasteiger partial charge is 0.407 e. The molecular weight excluding hydrogens is 292 g/mol. The van der Waals surface area contributed by atoms with Crippen LogP contribution in [0.3, 0.4) is 0 Å². The molecular formula is C18H28N2O3. The van der Waals surface area contributed by atoms with Crippen LogP contribution in [0.4, 0.5) is 4.79 Å². The monoisotopic (exact) mass is 320 g/mol. The van der Waals surface area contributed by atoms with Crippen molar-refractivity contribution in [3.05, 3.63) is 41.5 Å². The highest BCUT2D eigenvalue weighted by Gasteiger charge is 2.14. The van der Waals surface area contributed by atoms with E-state index in [0.29, 0.717) is 13.1 Å². The van der Waals surface area contributed by atoms with Crippen molar-refractivity contribution in [3.8, 4) is 5.75 Å². The van der Waals surface area contributed by atoms with Crippen LogP contribution in [-0.2, 0) is 11.3 Å². The second kappa shape index (κ2) is 9.20. The number of amides is 1. The quantitative estimate of drug-likeness (QED) is 0.598. The average Bonchev–Trinajstić information content (AvgIpc) is 2.44. The molecule has 2 N–H and O–H groups in total. The molecule has 1 amide bonds. The Bertz CT molecular complexity index is 534. The molecule has 128 valence electrons. The lowest BCUT2D eigenvalue weighted by Crippen LogP contribution is -2.32. The van der Waals surface area contributed by atoms with Gasteiger partial charge in [0.25, 0.3) is 0 Å². The molecule has 1 aromatic carbocycles. The molecule has 0 heterocycles. The highest BCUT2D eigenvalue weighted by Crippen LogP contribution is 2.19. The number of benzene rings is 1. The maximum absolute atomic E-state index is 11.4. The number of aryl methyl sites for hydroxylation is 1. The van der Waals surface area contributed by atoms with Gasteiger partial charge in [0.15, 0.2) is 0 Å². The van der Waals surface area contributed by atoms with Gasteiger partial charge in [0.05, 0.1) is 7.11 Å². The van der Waals surface area contributed by atoms with Crippen molar-refractivity contribution in [2.24, 2.45) is 0 Å². The van der Waals surface area contributed by atoms with Crippen LogP contribution in [0.5, 0.6) is 5.75 Å². The van der Waals surface area contributed by atoms with Gasteiger partial charge in [-0.05, 0) is 33.8 Å². The third kappa shape index (κ3) is 8.26. The van der Waals surface area contributed by atoms with E-state index >= 15 is 0 Å². The highest BCUT2D eigenvalue weighted by atomic mass is 16.6. The van der Waals surface area contributed by atoms with Crippen LogP contribution in [-0.4, -0.2) is 31.9 Å². The second-order valence-electron chi connectivity index (χ2n) is 6.30. The Morgan fingerprint density at radius 2 is 1.91 bits per heavy atom. The molecule has 0 aromatic heterocycles. The first-order valence-electron chi connectivity index (χ1n) is 7.78. The molecule has 23 heavy (non-hydrogen) atoms. The summed E-state index contributed by atoms with van der Waals surface area (Å²) in [7, 11) is 1.68. The Morgan fingerprint density at radius 3 is 2.57 bits per heavy atom. The largest absolute Gasteiger partial charge is 0.496 e. The van der Waals surface area contributed by atoms with Crippen molar-refractivity contribution >= 4 is 6.09 Å². The molecule has 5 nitrogen and oxygen atoms in total. The number of ether oxygens (including phenoxy) is 2. The maximum atomic E-state index is 11.4. The lowest BCUT2D eigenvalue weighted by atomic mass is 10.1. The standard InChI is InChI=1S/C18H28N2O3/c1-14-8-9-16(22-5)15(12-14)13-19-10-6-7-11-20-17(21)23-18(2,3)4/h6-9,12,19H,10-11,13H2,1-5H3,(H,20,21)/b7-6+. The Morgan fingerprint density at radius 1 is 1.22 bits per heavy atom. The molecule has 0 fully saturated rings. The van der Waals surface area contributed by atoms with Gasteiger partial charge in [0.1, 0.15) is 11.4 Å². The molecule has 0 aliphatic rings. The van der Waals surface area contributed by atoms with Crippen LogP contribution in [0.1, 0.15) is 31.9 Å². The number of carbonyl (C=O) groups is 1. The fraction of sp³-hybridized carbons (Fsp3) is 0.500. The maximum Gasteiger partial charge on any atom is 0.407 e. The van der Waals surface area contributed by atoms with Crippen molar-refractivity contribution in [1.82, 2.24) is 10.6 Å². The van der Waals surface area contributed by atoms with Gasteiger partial charge in [-0.1, -0.05) is 29.8 Å². The number of carbonyl (C=O) groups excluding carboxylic acids is 1. The highest BCUT2D eigenvalue weighted by molar-refractivity contribution is 5.67. The first-order chi connectivity index (χ1) is 10.8. The molecule has 0 saturated carbocycles. The zero-order valence-corrected chi connectivity index (χ0v) is 14.7. The third-order valence-corrected chi connectivity index (χ3v) is 2.94. The number of methoxy groups -OCH3 is 1. The lowest BCUT2D eigenvalue weighted by Gasteiger charge is -2.19. The lowest BCUT2D eigenvalue weighted by molar-refractivity contribution is 0.0534. The molecule has 0 atom stereocenters. The van der Waals surface area contributed by atoms with Crippen molar-refractivity contribution in [3.63, 3.8) is 0 Å². The predicted molar refractivity (Wildman–Crippen MR) is 92.8 cm³/mol. The average molecular weight is 320 g/mol. The van der Waals surface area contributed by atoms with Crippen molar-refractivity contribution in [2.45, 2.75) is 39.8 Å². The summed E-state index contributed by atoms with van der Waals surface area (Å²) in [6.07, 6.45) is 3.46. The van der Waals surface area contributed by atoms with E-state index in [2.05, 4.69) is 23.6 Å². The van der Waals surface area contributed by atoms with Gasteiger partial charge in [-0.15, -0.1) is 0 Å². The molecule has 0 aliphatic heterocycles. The summed E-state index contributed by atoms with van der Waals surface area (Å²) in [6.45, 7) is 9.47. The minimum atomic E-state index is -0.470. The van der Waals surface area contributed by atoms with E-state index in [1.165, 1.54) is 5.56 Å². The van der Waals surface area contributed by atoms with Crippen molar-refractivity contribution in [2.75, 3.05) is 20.2 Å². The number of hydrogen-bond acceptors (Lipinski definition) is 4. The summed E-state index contributed by atoms with van der Waals surface area (Å²) in [4.78, 5) is 11.4. The number of rotatable bonds is 7. The Kier molecular flexibility index (Phi) is 7.62. The van der Waals surface area contributed by atoms with Gasteiger partial charge in [-0.2, -0.15) is 0 Å². The molecule has 1 rings (SSSR count). The van der Waals surface area contributed by atoms with E-state index < -0.39 is 11.7 Å². The fourth-order valence-electron chi connectivity index (χ4n) is 1.96. The van der Waals surface area contributed by atoms with Crippen LogP contribution in [0.15, 0.2) is 30.4 Å². The van der Waals surface area contributed by atoms with Gasteiger partial charge in [-0.3, -0.25) is 0 Å². The Hall–Kier alpha value is -2.01. The number of nitrogens with one attached hydrogen (secondary N) is 2. The Labute approximate surface area is 139 Å². The second-order valence-corrected chi connectivity index (χ2v) is 6.30. The molecule has 0 radical (unpaired) electrons. The van der Waals surface area contributed by atoms with E-state index in [-0.39, 0.29) is 0 Å². The summed E-state index contributed by atoms with van der Waals surface area (Å²) < 4.78 is 10.5. The molecule has 0 saturated heterocycles. The van der Waals surface area contributed by atoms with E-state index in [1.54, 1.807) is 7.11 Å². The Balaban J connectivity index is 2.25. The predicted octanol–water partition coefficient (Wildman–Crippen LogP) is 3.17. The molecule has 0 aliphatic carbocycles. The summed E-state index contributed by atoms with van der Waals surface area (Å²) in [5.41, 5.74) is 1.87. The van der Waals surface area contributed by atoms with Gasteiger partial charge in [-0.25, -0.2) is 4.79 Å². The molecule has 1 aromatic rings. The van der Waals surface area contributed by atoms with E-state index in [4.69, 9.17) is 9.47 Å². The molecule has 0 bridgehead atoms. The van der Waals surface area contributed by atoms with Gasteiger partial charge >= 0.3 is 6.09 Å². The van der Waals surface area contributed by atoms with E-state index in [1.807, 2.05) is 45.1 Å². The SMILES string of the molecule is COc1ccc(C)cc1CNC/C=C/CNC(=O)OC(C)(C)C. The normalized spacial score (nSPS) is 11.5. The topological polar surface area (TPSA) is 59.6 Å². The zero-order valence-electron chi connectivity index (χ0n) is 14.7. The van der Waals surface area contributed by atoms with Crippen LogP contribution < -0.4 is 15.4 Å². The van der Waals surface area contributed by atoms with E-state index in [0.717, 1.165) is 17.9 Å². The van der Waals surface area contributed by atoms with Crippen molar-refractivity contribution in [1.29, 1.82) is 0 Å². The van der Waals surface area contributed by atoms with E-state index in [9.17, 15) is 4.79 Å². The third-order valence-electron chi connectivity index (χ3n) is 2.94. The first-order valence-corrected chi connectivity index (χ1v) is 7.78. The summed E-state index contributed by atoms with van der Waals surface area (Å²) in [5.74, 6) is 0.888. The molecule has 0 unspecified atom stereocenters. The first kappa shape index (κ1) is 19.0. The minimum Gasteiger partial charge on any atom is -0.496 e. The van der Waals surface area contributed by atoms with Crippen LogP contribution >= 0.6 is 0 Å². The summed E-state index contributed by atoms with van der Waals surface area (Å²) in [6, 6.07) is 6.12. The number of alkyl carbamates (subject to hydrolysis) is 1. The van der Waals surface area contributed by atoms with Crippen molar-refractivity contribution < 1.29 is 14.3 Å². The van der Waals surface area contributed by atoms with Crippen LogP contribution in [0.25, 0.3) is 0 Å². The van der Waals surface area contributed by atoms with Crippen LogP contribution in [0, 0.1) is 6.92 Å². The van der Waals surface area contributed by atoms with Gasteiger partial charge < -0.3 is 20.1 Å². The van der Waals surface area contributed by atoms with Gasteiger partial charge in [0, 0.05) is 25.2 Å². The fourth-order valence-corrected chi connectivity index (χ4v) is 1.96. The number of hydrogen-bond donors (Lipinski definition) is 2. The minimum absolute atomic E-state index is 0.403. The van der Waals surface area contributed by atoms with Gasteiger partial charge in [0.2, 0.25) is 0 Å².